The van der Waals surface area contributed by atoms with Gasteiger partial charge in [-0.2, -0.15) is 13.2 Å². The number of nitrogens with one attached hydrogen (secondary N) is 6. The molecule has 2 aliphatic heterocycles. The van der Waals surface area contributed by atoms with E-state index in [9.17, 15) is 46.7 Å². The molecule has 63 heavy (non-hydrogen) atoms. The maximum absolute atomic E-state index is 15.5. The van der Waals surface area contributed by atoms with E-state index in [1.54, 1.807) is 30.3 Å². The van der Waals surface area contributed by atoms with Gasteiger partial charge in [0.1, 0.15) is 11.9 Å². The molecular formula is C44H38F4N8O7. The summed E-state index contributed by atoms with van der Waals surface area (Å²) in [6.07, 6.45) is -3.00. The van der Waals surface area contributed by atoms with E-state index in [4.69, 9.17) is 0 Å². The van der Waals surface area contributed by atoms with Gasteiger partial charge in [-0.05, 0) is 78.9 Å². The molecule has 0 aliphatic carbocycles. The quantitative estimate of drug-likeness (QED) is 0.0482. The Kier molecular flexibility index (Phi) is 12.5. The lowest BCUT2D eigenvalue weighted by atomic mass is 9.94. The van der Waals surface area contributed by atoms with E-state index in [2.05, 4.69) is 36.9 Å². The minimum Gasteiger partial charge on any atom is -0.375 e. The number of benzene rings is 4. The molecule has 4 aromatic carbocycles. The Morgan fingerprint density at radius 3 is 2.29 bits per heavy atom. The number of alkyl halides is 3. The van der Waals surface area contributed by atoms with Gasteiger partial charge in [-0.15, -0.1) is 0 Å². The van der Waals surface area contributed by atoms with Crippen molar-refractivity contribution in [1.29, 1.82) is 0 Å². The lowest BCUT2D eigenvalue weighted by molar-refractivity contribution is -0.137. The Morgan fingerprint density at radius 2 is 1.59 bits per heavy atom. The fraction of sp³-hybridized carbons (Fsp3) is 0.227. The second kappa shape index (κ2) is 18.1. The first-order valence-corrected chi connectivity index (χ1v) is 19.7. The number of aromatic nitrogens is 1. The number of amides is 7. The molecule has 19 heteroatoms. The maximum Gasteiger partial charge on any atom is 0.417 e. The number of nitrogens with zero attached hydrogens (tertiary/aromatic N) is 2. The van der Waals surface area contributed by atoms with Crippen LogP contribution in [0.25, 0.3) is 22.0 Å². The molecule has 324 valence electrons. The van der Waals surface area contributed by atoms with Crippen LogP contribution in [0.1, 0.15) is 72.7 Å². The van der Waals surface area contributed by atoms with Gasteiger partial charge in [-0.3, -0.25) is 48.8 Å². The number of anilines is 3. The van der Waals surface area contributed by atoms with Gasteiger partial charge in [-0.25, -0.2) is 4.39 Å². The zero-order chi connectivity index (χ0) is 45.0. The lowest BCUT2D eigenvalue weighted by Crippen LogP contribution is -2.54. The lowest BCUT2D eigenvalue weighted by Gasteiger charge is -2.27. The summed E-state index contributed by atoms with van der Waals surface area (Å²) < 4.78 is 59.0. The molecule has 6 N–H and O–H groups in total. The van der Waals surface area contributed by atoms with Crippen molar-refractivity contribution in [1.82, 2.24) is 31.2 Å². The number of fused-ring (bicyclic) bond motifs is 2. The number of rotatable bonds is 14. The fourth-order valence-corrected chi connectivity index (χ4v) is 7.36. The number of piperidine rings is 1. The highest BCUT2D eigenvalue weighted by Gasteiger charge is 2.45. The van der Waals surface area contributed by atoms with Gasteiger partial charge in [0.25, 0.3) is 23.6 Å². The minimum absolute atomic E-state index is 0.00221. The number of unbranched alkanes of at least 4 members (excludes halogenated alkanes) is 1. The van der Waals surface area contributed by atoms with Gasteiger partial charge in [-0.1, -0.05) is 30.3 Å². The molecule has 1 saturated heterocycles. The number of pyridine rings is 1. The van der Waals surface area contributed by atoms with Crippen LogP contribution < -0.4 is 31.9 Å². The number of carbonyl (C=O) groups is 7. The van der Waals surface area contributed by atoms with Crippen molar-refractivity contribution in [2.24, 2.45) is 0 Å². The van der Waals surface area contributed by atoms with E-state index < -0.39 is 76.1 Å². The summed E-state index contributed by atoms with van der Waals surface area (Å²) in [6.45, 7) is -0.0143. The third kappa shape index (κ3) is 9.17. The highest BCUT2D eigenvalue weighted by atomic mass is 19.4. The Morgan fingerprint density at radius 1 is 0.841 bits per heavy atom. The predicted molar refractivity (Wildman–Crippen MR) is 221 cm³/mol. The summed E-state index contributed by atoms with van der Waals surface area (Å²) in [5, 5.41) is 16.0. The number of hydrogen-bond donors (Lipinski definition) is 6. The van der Waals surface area contributed by atoms with E-state index in [1.807, 2.05) is 0 Å². The van der Waals surface area contributed by atoms with E-state index in [0.717, 1.165) is 23.1 Å². The largest absolute Gasteiger partial charge is 0.417 e. The van der Waals surface area contributed by atoms with Crippen molar-refractivity contribution in [2.45, 2.75) is 37.9 Å². The summed E-state index contributed by atoms with van der Waals surface area (Å²) in [5.74, 6) is -5.54. The molecule has 0 radical (unpaired) electrons. The van der Waals surface area contributed by atoms with Crippen molar-refractivity contribution in [3.8, 4) is 11.1 Å². The van der Waals surface area contributed by atoms with Gasteiger partial charge >= 0.3 is 6.18 Å². The first kappa shape index (κ1) is 43.4. The van der Waals surface area contributed by atoms with Crippen molar-refractivity contribution in [3.63, 3.8) is 0 Å². The second-order valence-electron chi connectivity index (χ2n) is 14.6. The number of carbonyl (C=O) groups excluding carboxylic acids is 7. The van der Waals surface area contributed by atoms with Crippen LogP contribution in [-0.2, 0) is 20.6 Å². The molecule has 2 aliphatic rings. The summed E-state index contributed by atoms with van der Waals surface area (Å²) in [4.78, 5) is 93.6. The van der Waals surface area contributed by atoms with E-state index in [0.29, 0.717) is 18.5 Å². The predicted octanol–water partition coefficient (Wildman–Crippen LogP) is 5.30. The highest BCUT2D eigenvalue weighted by Crippen LogP contribution is 2.42. The third-order valence-corrected chi connectivity index (χ3v) is 10.5. The molecule has 7 rings (SSSR count). The standard InChI is InChI=1S/C44H38F4N8O7/c1-49-39(59)29-21-52-33-20-30(44(46,47)48)27(19-28(33)38(29)54-24-8-3-2-4-9-24)23-12-13-25(31(45)18-23)40(60)51-17-6-5-16-50-36(58)22-53-32-11-7-10-26-37(32)43(63)56(42(26)62)34-14-15-35(57)55-41(34)61/h2-4,7-13,18-21,34,53H,5-6,14-17,22H2,1H3,(H,49,59)(H,50,58)(H,51,60)(H,52,54)(H,55,57,61). The molecule has 7 amide bonds. The van der Waals surface area contributed by atoms with Crippen molar-refractivity contribution in [2.75, 3.05) is 37.3 Å². The van der Waals surface area contributed by atoms with Crippen LogP contribution in [-0.4, -0.2) is 84.0 Å². The van der Waals surface area contributed by atoms with E-state index in [1.165, 1.54) is 43.6 Å². The monoisotopic (exact) mass is 866 g/mol. The van der Waals surface area contributed by atoms with Crippen molar-refractivity contribution < 1.29 is 51.1 Å². The number of imide groups is 2. The molecule has 1 fully saturated rings. The molecule has 1 aromatic heterocycles. The summed E-state index contributed by atoms with van der Waals surface area (Å²) >= 11 is 0. The van der Waals surface area contributed by atoms with Gasteiger partial charge < -0.3 is 26.6 Å². The Hall–Kier alpha value is -7.70. The summed E-state index contributed by atoms with van der Waals surface area (Å²) in [6, 6.07) is 17.1. The molecular weight excluding hydrogens is 829 g/mol. The molecule has 5 aromatic rings. The average molecular weight is 867 g/mol. The maximum atomic E-state index is 15.5. The van der Waals surface area contributed by atoms with Gasteiger partial charge in [0.2, 0.25) is 17.7 Å². The number of hydrogen-bond acceptors (Lipinski definition) is 10. The topological polar surface area (TPSA) is 208 Å². The zero-order valence-corrected chi connectivity index (χ0v) is 33.4. The van der Waals surface area contributed by atoms with Crippen LogP contribution >= 0.6 is 0 Å². The van der Waals surface area contributed by atoms with Crippen LogP contribution in [0.5, 0.6) is 0 Å². The smallest absolute Gasteiger partial charge is 0.375 e. The molecule has 0 bridgehead atoms. The zero-order valence-electron chi connectivity index (χ0n) is 33.4. The van der Waals surface area contributed by atoms with Crippen molar-refractivity contribution >= 4 is 69.3 Å². The summed E-state index contributed by atoms with van der Waals surface area (Å²) in [7, 11) is 1.40. The first-order valence-electron chi connectivity index (χ1n) is 19.7. The molecule has 1 atom stereocenters. The van der Waals surface area contributed by atoms with Crippen molar-refractivity contribution in [3.05, 3.63) is 119 Å². The molecule has 0 spiro atoms. The molecule has 0 saturated carbocycles. The molecule has 15 nitrogen and oxygen atoms in total. The van der Waals surface area contributed by atoms with Gasteiger partial charge in [0.15, 0.2) is 0 Å². The fourth-order valence-electron chi connectivity index (χ4n) is 7.36. The second-order valence-corrected chi connectivity index (χ2v) is 14.6. The number of halogens is 4. The van der Waals surface area contributed by atoms with Crippen LogP contribution in [0, 0.1) is 5.82 Å². The average Bonchev–Trinajstić information content (AvgIpc) is 3.52. The third-order valence-electron chi connectivity index (χ3n) is 10.5. The van der Waals surface area contributed by atoms with Crippen LogP contribution in [0.2, 0.25) is 0 Å². The Bertz CT molecular complexity index is 2690. The summed E-state index contributed by atoms with van der Waals surface area (Å²) in [5.41, 5.74) is -1.12. The SMILES string of the molecule is CNC(=O)c1cnc2cc(C(F)(F)F)c(-c3ccc(C(=O)NCCCCNC(=O)CNc4cccc5c4C(=O)N(C4CCC(=O)NC4=O)C5=O)c(F)c3)cc2c1Nc1ccccc1. The highest BCUT2D eigenvalue weighted by molar-refractivity contribution is 6.25. The van der Waals surface area contributed by atoms with E-state index in [-0.39, 0.29) is 77.0 Å². The first-order chi connectivity index (χ1) is 30.2. The Balaban J connectivity index is 0.949. The van der Waals surface area contributed by atoms with Gasteiger partial charge in [0.05, 0.1) is 45.6 Å². The Labute approximate surface area is 356 Å². The van der Waals surface area contributed by atoms with Crippen LogP contribution in [0.3, 0.4) is 0 Å². The van der Waals surface area contributed by atoms with Gasteiger partial charge in [0, 0.05) is 49.5 Å². The van der Waals surface area contributed by atoms with E-state index >= 15 is 4.39 Å². The van der Waals surface area contributed by atoms with Crippen LogP contribution in [0.15, 0.2) is 85.1 Å². The molecule has 1 unspecified atom stereocenters. The molecule has 3 heterocycles. The number of para-hydroxylation sites is 1. The van der Waals surface area contributed by atoms with Crippen LogP contribution in [0.4, 0.5) is 34.6 Å². The normalized spacial score (nSPS) is 14.9. The minimum atomic E-state index is -4.88.